The molecule has 1 aromatic carbocycles. The number of aliphatic carboxylic acids is 1. The molecule has 7 heteroatoms. The molecule has 0 aliphatic carbocycles. The van der Waals surface area contributed by atoms with Crippen LogP contribution in [0.1, 0.15) is 12.0 Å². The first-order chi connectivity index (χ1) is 7.54. The first-order valence-corrected chi connectivity index (χ1v) is 4.22. The summed E-state index contributed by atoms with van der Waals surface area (Å²) >= 11 is 0. The number of nitro benzene ring substituents is 1. The monoisotopic (exact) mass is 224 g/mol. The van der Waals surface area contributed by atoms with Gasteiger partial charge in [-0.1, -0.05) is 5.16 Å². The number of carboxylic acid groups (broad SMARTS) is 1. The molecule has 0 fully saturated rings. The molecule has 0 saturated heterocycles. The lowest BCUT2D eigenvalue weighted by Gasteiger charge is -2.00. The standard InChI is InChI=1S/C9H8N2O5/c12-9(13)5-8(10-14)6-1-3-7(4-2-6)11(15)16/h1-4,14H,5H2,(H,12,13). The zero-order valence-electron chi connectivity index (χ0n) is 8.03. The maximum absolute atomic E-state index is 10.4. The molecule has 0 aromatic heterocycles. The Morgan fingerprint density at radius 3 is 2.31 bits per heavy atom. The van der Waals surface area contributed by atoms with Gasteiger partial charge in [-0.15, -0.1) is 0 Å². The zero-order valence-corrected chi connectivity index (χ0v) is 8.03. The van der Waals surface area contributed by atoms with Gasteiger partial charge < -0.3 is 10.3 Å². The Kier molecular flexibility index (Phi) is 3.54. The number of carbonyl (C=O) groups is 1. The van der Waals surface area contributed by atoms with E-state index < -0.39 is 17.3 Å². The van der Waals surface area contributed by atoms with Crippen molar-refractivity contribution in [2.75, 3.05) is 0 Å². The number of rotatable bonds is 4. The number of non-ortho nitro benzene ring substituents is 1. The van der Waals surface area contributed by atoms with Gasteiger partial charge in [-0.25, -0.2) is 0 Å². The van der Waals surface area contributed by atoms with Crippen LogP contribution in [0.2, 0.25) is 0 Å². The summed E-state index contributed by atoms with van der Waals surface area (Å²) < 4.78 is 0. The minimum Gasteiger partial charge on any atom is -0.481 e. The van der Waals surface area contributed by atoms with Crippen molar-refractivity contribution in [3.8, 4) is 0 Å². The van der Waals surface area contributed by atoms with Crippen LogP contribution in [0.3, 0.4) is 0 Å². The third-order valence-electron chi connectivity index (χ3n) is 1.85. The van der Waals surface area contributed by atoms with Crippen molar-refractivity contribution in [3.63, 3.8) is 0 Å². The summed E-state index contributed by atoms with van der Waals surface area (Å²) in [5, 5.41) is 30.3. The fourth-order valence-corrected chi connectivity index (χ4v) is 1.11. The molecule has 0 spiro atoms. The van der Waals surface area contributed by atoms with Gasteiger partial charge in [0.05, 0.1) is 17.1 Å². The van der Waals surface area contributed by atoms with Crippen molar-refractivity contribution in [1.29, 1.82) is 0 Å². The van der Waals surface area contributed by atoms with E-state index >= 15 is 0 Å². The smallest absolute Gasteiger partial charge is 0.309 e. The summed E-state index contributed by atoms with van der Waals surface area (Å²) in [6.45, 7) is 0. The molecule has 0 saturated carbocycles. The predicted molar refractivity (Wildman–Crippen MR) is 53.7 cm³/mol. The van der Waals surface area contributed by atoms with Crippen molar-refractivity contribution >= 4 is 17.4 Å². The Labute approximate surface area is 89.8 Å². The molecule has 84 valence electrons. The number of nitro groups is 1. The van der Waals surface area contributed by atoms with Crippen molar-refractivity contribution in [2.45, 2.75) is 6.42 Å². The Balaban J connectivity index is 2.96. The average Bonchev–Trinajstić information content (AvgIpc) is 2.25. The lowest BCUT2D eigenvalue weighted by Crippen LogP contribution is -2.08. The number of hydrogen-bond donors (Lipinski definition) is 2. The molecule has 0 bridgehead atoms. The van der Waals surface area contributed by atoms with Gasteiger partial charge in [0.25, 0.3) is 5.69 Å². The van der Waals surface area contributed by atoms with Crippen LogP contribution in [0, 0.1) is 10.1 Å². The summed E-state index contributed by atoms with van der Waals surface area (Å²) in [5.74, 6) is -1.15. The van der Waals surface area contributed by atoms with Crippen molar-refractivity contribution in [2.24, 2.45) is 5.16 Å². The van der Waals surface area contributed by atoms with E-state index in [1.807, 2.05) is 0 Å². The molecule has 0 atom stereocenters. The van der Waals surface area contributed by atoms with Gasteiger partial charge in [0.15, 0.2) is 0 Å². The van der Waals surface area contributed by atoms with E-state index in [4.69, 9.17) is 10.3 Å². The first kappa shape index (κ1) is 11.6. The minimum absolute atomic E-state index is 0.0533. The van der Waals surface area contributed by atoms with Crippen LogP contribution < -0.4 is 0 Å². The van der Waals surface area contributed by atoms with E-state index in [9.17, 15) is 14.9 Å². The molecule has 0 radical (unpaired) electrons. The third-order valence-corrected chi connectivity index (χ3v) is 1.85. The molecule has 0 aliphatic rings. The van der Waals surface area contributed by atoms with Crippen LogP contribution in [-0.4, -0.2) is 26.9 Å². The second kappa shape index (κ2) is 4.87. The summed E-state index contributed by atoms with van der Waals surface area (Å²) in [5.41, 5.74) is 0.161. The fourth-order valence-electron chi connectivity index (χ4n) is 1.11. The second-order valence-corrected chi connectivity index (χ2v) is 2.92. The van der Waals surface area contributed by atoms with Crippen LogP contribution in [0.15, 0.2) is 29.4 Å². The molecule has 0 unspecified atom stereocenters. The quantitative estimate of drug-likeness (QED) is 0.345. The van der Waals surface area contributed by atoms with Gasteiger partial charge in [-0.3, -0.25) is 14.9 Å². The van der Waals surface area contributed by atoms with Gasteiger partial charge in [0.1, 0.15) is 0 Å². The zero-order chi connectivity index (χ0) is 12.1. The molecule has 0 heterocycles. The second-order valence-electron chi connectivity index (χ2n) is 2.92. The summed E-state index contributed by atoms with van der Waals surface area (Å²) in [6.07, 6.45) is -0.450. The normalized spacial score (nSPS) is 11.1. The van der Waals surface area contributed by atoms with Crippen LogP contribution >= 0.6 is 0 Å². The van der Waals surface area contributed by atoms with E-state index in [-0.39, 0.29) is 11.4 Å². The molecular weight excluding hydrogens is 216 g/mol. The van der Waals surface area contributed by atoms with E-state index in [0.29, 0.717) is 5.56 Å². The first-order valence-electron chi connectivity index (χ1n) is 4.22. The van der Waals surface area contributed by atoms with Crippen LogP contribution in [0.25, 0.3) is 0 Å². The Morgan fingerprint density at radius 2 is 1.94 bits per heavy atom. The van der Waals surface area contributed by atoms with Gasteiger partial charge >= 0.3 is 5.97 Å². The number of benzene rings is 1. The van der Waals surface area contributed by atoms with Crippen LogP contribution in [0.5, 0.6) is 0 Å². The minimum atomic E-state index is -1.15. The van der Waals surface area contributed by atoms with Crippen molar-refractivity contribution < 1.29 is 20.0 Å². The van der Waals surface area contributed by atoms with Gasteiger partial charge in [0.2, 0.25) is 0 Å². The maximum atomic E-state index is 10.4. The van der Waals surface area contributed by atoms with Gasteiger partial charge in [0, 0.05) is 17.7 Å². The number of nitrogens with zero attached hydrogens (tertiary/aromatic N) is 2. The summed E-state index contributed by atoms with van der Waals surface area (Å²) in [4.78, 5) is 20.2. The Morgan fingerprint density at radius 1 is 1.38 bits per heavy atom. The molecule has 1 rings (SSSR count). The van der Waals surface area contributed by atoms with E-state index in [1.54, 1.807) is 0 Å². The van der Waals surface area contributed by atoms with Gasteiger partial charge in [-0.2, -0.15) is 0 Å². The molecule has 1 aromatic rings. The van der Waals surface area contributed by atoms with Gasteiger partial charge in [-0.05, 0) is 12.1 Å². The molecule has 2 N–H and O–H groups in total. The highest BCUT2D eigenvalue weighted by molar-refractivity contribution is 6.08. The number of hydrogen-bond acceptors (Lipinski definition) is 5. The Hall–Kier alpha value is -2.44. The molecular formula is C9H8N2O5. The van der Waals surface area contributed by atoms with E-state index in [0.717, 1.165) is 0 Å². The highest BCUT2D eigenvalue weighted by Gasteiger charge is 2.11. The average molecular weight is 224 g/mol. The maximum Gasteiger partial charge on any atom is 0.309 e. The largest absolute Gasteiger partial charge is 0.481 e. The SMILES string of the molecule is O=C(O)CC(=NO)c1ccc([N+](=O)[O-])cc1. The molecule has 0 amide bonds. The Bertz CT molecular complexity index is 438. The topological polar surface area (TPSA) is 113 Å². The summed E-state index contributed by atoms with van der Waals surface area (Å²) in [7, 11) is 0. The van der Waals surface area contributed by atoms with Crippen molar-refractivity contribution in [1.82, 2.24) is 0 Å². The van der Waals surface area contributed by atoms with E-state index in [2.05, 4.69) is 5.16 Å². The number of carboxylic acids is 1. The fraction of sp³-hybridized carbons (Fsp3) is 0.111. The molecule has 7 nitrogen and oxygen atoms in total. The summed E-state index contributed by atoms with van der Waals surface area (Å²) in [6, 6.07) is 5.08. The highest BCUT2D eigenvalue weighted by Crippen LogP contribution is 2.13. The van der Waals surface area contributed by atoms with Crippen LogP contribution in [0.4, 0.5) is 5.69 Å². The highest BCUT2D eigenvalue weighted by atomic mass is 16.6. The number of oxime groups is 1. The molecule has 0 aliphatic heterocycles. The third kappa shape index (κ3) is 2.77. The lowest BCUT2D eigenvalue weighted by molar-refractivity contribution is -0.384. The predicted octanol–water partition coefficient (Wildman–Crippen LogP) is 1.25. The van der Waals surface area contributed by atoms with Crippen LogP contribution in [-0.2, 0) is 4.79 Å². The van der Waals surface area contributed by atoms with E-state index in [1.165, 1.54) is 24.3 Å². The lowest BCUT2D eigenvalue weighted by atomic mass is 10.1. The molecule has 16 heavy (non-hydrogen) atoms. The van der Waals surface area contributed by atoms with Crippen molar-refractivity contribution in [3.05, 3.63) is 39.9 Å².